The smallest absolute Gasteiger partial charge is 0.0557 e. The van der Waals surface area contributed by atoms with E-state index < -0.39 is 0 Å². The van der Waals surface area contributed by atoms with Crippen molar-refractivity contribution < 1.29 is 0 Å². The highest BCUT2D eigenvalue weighted by Crippen LogP contribution is 2.42. The number of aryl methyl sites for hydroxylation is 2. The number of piperidine rings is 1. The summed E-state index contributed by atoms with van der Waals surface area (Å²) in [7, 11) is 2.13. The number of aromatic nitrogens is 1. The summed E-state index contributed by atoms with van der Waals surface area (Å²) >= 11 is 0. The van der Waals surface area contributed by atoms with Gasteiger partial charge in [-0.3, -0.25) is 0 Å². The summed E-state index contributed by atoms with van der Waals surface area (Å²) < 4.78 is 2.22. The molecule has 1 aliphatic heterocycles. The van der Waals surface area contributed by atoms with Crippen molar-refractivity contribution >= 4 is 5.69 Å². The Morgan fingerprint density at radius 1 is 1.06 bits per heavy atom. The lowest BCUT2D eigenvalue weighted by Crippen LogP contribution is -2.58. The van der Waals surface area contributed by atoms with Gasteiger partial charge in [-0.25, -0.2) is 0 Å². The van der Waals surface area contributed by atoms with Crippen molar-refractivity contribution in [2.24, 2.45) is 7.05 Å². The molecule has 1 fully saturated rings. The van der Waals surface area contributed by atoms with Crippen LogP contribution in [-0.4, -0.2) is 15.6 Å². The predicted molar refractivity (Wildman–Crippen MR) is 74.6 cm³/mol. The Hall–Kier alpha value is -0.920. The van der Waals surface area contributed by atoms with Gasteiger partial charge < -0.3 is 9.47 Å². The monoisotopic (exact) mass is 234 g/mol. The topological polar surface area (TPSA) is 8.17 Å². The highest BCUT2D eigenvalue weighted by molar-refractivity contribution is 5.52. The van der Waals surface area contributed by atoms with Crippen LogP contribution >= 0.6 is 0 Å². The van der Waals surface area contributed by atoms with Crippen LogP contribution in [0.25, 0.3) is 0 Å². The summed E-state index contributed by atoms with van der Waals surface area (Å²) in [5, 5.41) is 0. The molecule has 0 saturated carbocycles. The minimum absolute atomic E-state index is 0.259. The zero-order valence-corrected chi connectivity index (χ0v) is 12.2. The third kappa shape index (κ3) is 2.10. The molecule has 1 aliphatic rings. The minimum atomic E-state index is 0.259. The molecular weight excluding hydrogens is 208 g/mol. The van der Waals surface area contributed by atoms with E-state index in [1.54, 1.807) is 0 Å². The molecule has 17 heavy (non-hydrogen) atoms. The number of hydrogen-bond acceptors (Lipinski definition) is 1. The molecule has 1 saturated heterocycles. The first kappa shape index (κ1) is 12.5. The van der Waals surface area contributed by atoms with Crippen molar-refractivity contribution in [1.82, 2.24) is 4.57 Å². The highest BCUT2D eigenvalue weighted by atomic mass is 15.3. The maximum atomic E-state index is 2.62. The highest BCUT2D eigenvalue weighted by Gasteiger charge is 2.41. The van der Waals surface area contributed by atoms with Crippen LogP contribution in [0.2, 0.25) is 0 Å². The molecule has 0 bridgehead atoms. The van der Waals surface area contributed by atoms with E-state index in [1.807, 2.05) is 0 Å². The first-order valence-corrected chi connectivity index (χ1v) is 6.67. The Bertz CT molecular complexity index is 377. The van der Waals surface area contributed by atoms with Gasteiger partial charge in [-0.05, 0) is 59.9 Å². The van der Waals surface area contributed by atoms with Gasteiger partial charge in [-0.1, -0.05) is 0 Å². The Morgan fingerprint density at radius 3 is 2.00 bits per heavy atom. The van der Waals surface area contributed by atoms with Crippen LogP contribution in [0.15, 0.2) is 12.3 Å². The first-order chi connectivity index (χ1) is 7.74. The molecule has 0 atom stereocenters. The van der Waals surface area contributed by atoms with Crippen LogP contribution < -0.4 is 4.90 Å². The molecule has 2 heteroatoms. The predicted octanol–water partition coefficient (Wildman–Crippen LogP) is 3.88. The number of nitrogens with zero attached hydrogens (tertiary/aromatic N) is 2. The standard InChI is InChI=1S/C15H26N2/c1-12-10-13(11-16(12)6)17-14(2,3)8-7-9-15(17,4)5/h10-11H,7-9H2,1-6H3. The fraction of sp³-hybridized carbons (Fsp3) is 0.733. The van der Waals surface area contributed by atoms with E-state index in [1.165, 1.54) is 30.6 Å². The molecule has 0 spiro atoms. The second-order valence-corrected chi connectivity index (χ2v) is 6.76. The fourth-order valence-corrected chi connectivity index (χ4v) is 3.47. The molecule has 2 nitrogen and oxygen atoms in total. The summed E-state index contributed by atoms with van der Waals surface area (Å²) in [6.45, 7) is 11.7. The van der Waals surface area contributed by atoms with Crippen LogP contribution in [0.4, 0.5) is 5.69 Å². The Morgan fingerprint density at radius 2 is 1.59 bits per heavy atom. The number of hydrogen-bond donors (Lipinski definition) is 0. The van der Waals surface area contributed by atoms with E-state index in [2.05, 4.69) is 63.4 Å². The van der Waals surface area contributed by atoms with Gasteiger partial charge in [0.05, 0.1) is 5.69 Å². The molecule has 1 aromatic rings. The van der Waals surface area contributed by atoms with Gasteiger partial charge in [0.25, 0.3) is 0 Å². The Balaban J connectivity index is 2.45. The molecule has 2 rings (SSSR count). The zero-order chi connectivity index (χ0) is 12.8. The molecule has 2 heterocycles. The van der Waals surface area contributed by atoms with E-state index in [0.717, 1.165) is 0 Å². The SMILES string of the molecule is Cc1cc(N2C(C)(C)CCCC2(C)C)cn1C. The molecule has 0 unspecified atom stereocenters. The van der Waals surface area contributed by atoms with Crippen molar-refractivity contribution in [2.75, 3.05) is 4.90 Å². The fourth-order valence-electron chi connectivity index (χ4n) is 3.47. The quantitative estimate of drug-likeness (QED) is 0.716. The van der Waals surface area contributed by atoms with Crippen molar-refractivity contribution in [1.29, 1.82) is 0 Å². The van der Waals surface area contributed by atoms with Crippen molar-refractivity contribution in [3.8, 4) is 0 Å². The van der Waals surface area contributed by atoms with Crippen LogP contribution in [0.1, 0.15) is 52.7 Å². The Kier molecular flexibility index (Phi) is 2.80. The zero-order valence-electron chi connectivity index (χ0n) is 12.2. The number of anilines is 1. The molecule has 0 amide bonds. The third-order valence-corrected chi connectivity index (χ3v) is 4.29. The van der Waals surface area contributed by atoms with Gasteiger partial charge in [-0.15, -0.1) is 0 Å². The van der Waals surface area contributed by atoms with E-state index >= 15 is 0 Å². The second-order valence-electron chi connectivity index (χ2n) is 6.76. The summed E-state index contributed by atoms with van der Waals surface area (Å²) in [6.07, 6.45) is 6.17. The van der Waals surface area contributed by atoms with Crippen molar-refractivity contribution in [3.05, 3.63) is 18.0 Å². The maximum Gasteiger partial charge on any atom is 0.0557 e. The van der Waals surface area contributed by atoms with Crippen LogP contribution in [0.3, 0.4) is 0 Å². The van der Waals surface area contributed by atoms with E-state index in [9.17, 15) is 0 Å². The van der Waals surface area contributed by atoms with Crippen molar-refractivity contribution in [3.63, 3.8) is 0 Å². The number of rotatable bonds is 1. The normalized spacial score (nSPS) is 22.8. The van der Waals surface area contributed by atoms with Gasteiger partial charge in [0, 0.05) is 30.0 Å². The lowest BCUT2D eigenvalue weighted by Gasteiger charge is -2.54. The average Bonchev–Trinajstić information content (AvgIpc) is 2.42. The van der Waals surface area contributed by atoms with Crippen LogP contribution in [0, 0.1) is 6.92 Å². The molecule has 0 aromatic carbocycles. The van der Waals surface area contributed by atoms with Crippen LogP contribution in [0.5, 0.6) is 0 Å². The van der Waals surface area contributed by atoms with E-state index in [-0.39, 0.29) is 11.1 Å². The van der Waals surface area contributed by atoms with E-state index in [0.29, 0.717) is 0 Å². The molecule has 0 aliphatic carbocycles. The molecule has 1 aromatic heterocycles. The molecule has 96 valence electrons. The molecule has 0 radical (unpaired) electrons. The Labute approximate surface area is 106 Å². The van der Waals surface area contributed by atoms with Crippen molar-refractivity contribution in [2.45, 2.75) is 65.0 Å². The largest absolute Gasteiger partial charge is 0.360 e. The maximum absolute atomic E-state index is 2.62. The minimum Gasteiger partial charge on any atom is -0.360 e. The average molecular weight is 234 g/mol. The van der Waals surface area contributed by atoms with Gasteiger partial charge in [0.2, 0.25) is 0 Å². The van der Waals surface area contributed by atoms with Crippen LogP contribution in [-0.2, 0) is 7.05 Å². The third-order valence-electron chi connectivity index (χ3n) is 4.29. The van der Waals surface area contributed by atoms with Gasteiger partial charge >= 0.3 is 0 Å². The second kappa shape index (κ2) is 3.79. The summed E-state index contributed by atoms with van der Waals surface area (Å²) in [6, 6.07) is 2.31. The first-order valence-electron chi connectivity index (χ1n) is 6.67. The van der Waals surface area contributed by atoms with E-state index in [4.69, 9.17) is 0 Å². The van der Waals surface area contributed by atoms with Gasteiger partial charge in [0.1, 0.15) is 0 Å². The summed E-state index contributed by atoms with van der Waals surface area (Å²) in [5.41, 5.74) is 3.22. The molecule has 0 N–H and O–H groups in total. The van der Waals surface area contributed by atoms with Gasteiger partial charge in [0.15, 0.2) is 0 Å². The lowest BCUT2D eigenvalue weighted by molar-refractivity contribution is 0.244. The molecular formula is C15H26N2. The summed E-state index contributed by atoms with van der Waals surface area (Å²) in [4.78, 5) is 2.62. The van der Waals surface area contributed by atoms with Gasteiger partial charge in [-0.2, -0.15) is 0 Å². The summed E-state index contributed by atoms with van der Waals surface area (Å²) in [5.74, 6) is 0. The lowest BCUT2D eigenvalue weighted by atomic mass is 9.79.